The molecule has 4 atom stereocenters. The molecule has 220 valence electrons. The zero-order valence-electron chi connectivity index (χ0n) is 22.3. The summed E-state index contributed by atoms with van der Waals surface area (Å²) in [4.78, 5) is 28.8. The molecule has 6 rings (SSSR count). The van der Waals surface area contributed by atoms with Gasteiger partial charge in [-0.1, -0.05) is 35.3 Å². The Balaban J connectivity index is 1.35. The molecule has 14 heteroatoms. The minimum atomic E-state index is -1.34. The second-order valence-corrected chi connectivity index (χ2v) is 11.3. The fourth-order valence-corrected chi connectivity index (χ4v) is 5.97. The van der Waals surface area contributed by atoms with Gasteiger partial charge in [0.15, 0.2) is 17.0 Å². The van der Waals surface area contributed by atoms with E-state index in [-0.39, 0.29) is 12.8 Å². The van der Waals surface area contributed by atoms with Gasteiger partial charge < -0.3 is 30.7 Å². The summed E-state index contributed by atoms with van der Waals surface area (Å²) in [6.07, 6.45) is -2.69. The van der Waals surface area contributed by atoms with Crippen LogP contribution in [0.25, 0.3) is 28.2 Å². The summed E-state index contributed by atoms with van der Waals surface area (Å²) < 4.78 is 7.47. The summed E-state index contributed by atoms with van der Waals surface area (Å²) in [5.41, 5.74) is 7.24. The molecular weight excluding hydrogens is 585 g/mol. The number of fused-ring (bicyclic) bond motifs is 1. The van der Waals surface area contributed by atoms with E-state index < -0.39 is 42.6 Å². The van der Waals surface area contributed by atoms with Gasteiger partial charge in [-0.2, -0.15) is 0 Å². The molecule has 2 aromatic carbocycles. The molecular formula is C28H29Cl2N7O5. The van der Waals surface area contributed by atoms with E-state index in [4.69, 9.17) is 38.7 Å². The van der Waals surface area contributed by atoms with Crippen molar-refractivity contribution >= 4 is 46.1 Å². The monoisotopic (exact) mass is 613 g/mol. The van der Waals surface area contributed by atoms with Crippen molar-refractivity contribution in [3.8, 4) is 17.1 Å². The number of piperidine rings is 1. The van der Waals surface area contributed by atoms with E-state index in [9.17, 15) is 20.1 Å². The molecule has 0 saturated carbocycles. The molecule has 4 heterocycles. The van der Waals surface area contributed by atoms with Crippen molar-refractivity contribution in [1.82, 2.24) is 24.8 Å². The molecule has 2 aliphatic rings. The van der Waals surface area contributed by atoms with E-state index in [0.717, 1.165) is 5.69 Å². The number of aromatic nitrogens is 4. The van der Waals surface area contributed by atoms with Crippen LogP contribution in [-0.4, -0.2) is 90.5 Å². The van der Waals surface area contributed by atoms with Crippen LogP contribution in [-0.2, 0) is 9.53 Å². The molecule has 0 aliphatic carbocycles. The van der Waals surface area contributed by atoms with Crippen molar-refractivity contribution in [1.29, 1.82) is 0 Å². The fraction of sp³-hybridized carbons (Fsp3) is 0.357. The molecule has 1 amide bonds. The first kappa shape index (κ1) is 28.7. The Morgan fingerprint density at radius 2 is 1.79 bits per heavy atom. The van der Waals surface area contributed by atoms with Gasteiger partial charge in [-0.05, 0) is 49.2 Å². The standard InChI is InChI=1S/C28H29Cl2N7O5/c29-15-5-7-16(8-6-15)37-23(17-3-1-2-4-18(17)30)34-20-24(32-14-33-25(20)37)36-11-9-28(10-12-36,27(31)41)35-26-22(40)21(39)19(13-38)42-26/h1-8,14,19,21-22,26,35,38-40H,9-13H2,(H2,31,41)/t19-,21-,22-,26?/m1/s1. The zero-order chi connectivity index (χ0) is 29.6. The molecule has 42 heavy (non-hydrogen) atoms. The van der Waals surface area contributed by atoms with Crippen LogP contribution in [0.4, 0.5) is 5.82 Å². The van der Waals surface area contributed by atoms with Crippen molar-refractivity contribution in [2.24, 2.45) is 5.73 Å². The van der Waals surface area contributed by atoms with Gasteiger partial charge in [-0.3, -0.25) is 14.7 Å². The molecule has 4 aromatic rings. The van der Waals surface area contributed by atoms with Gasteiger partial charge in [0.2, 0.25) is 5.91 Å². The minimum absolute atomic E-state index is 0.259. The number of ether oxygens (including phenoxy) is 1. The summed E-state index contributed by atoms with van der Waals surface area (Å²) >= 11 is 12.8. The van der Waals surface area contributed by atoms with Gasteiger partial charge in [0.05, 0.1) is 11.6 Å². The number of imidazole rings is 1. The Morgan fingerprint density at radius 3 is 2.43 bits per heavy atom. The van der Waals surface area contributed by atoms with Crippen molar-refractivity contribution in [2.45, 2.75) is 42.9 Å². The lowest BCUT2D eigenvalue weighted by Crippen LogP contribution is -2.65. The van der Waals surface area contributed by atoms with Crippen LogP contribution in [0.5, 0.6) is 0 Å². The van der Waals surface area contributed by atoms with E-state index >= 15 is 0 Å². The van der Waals surface area contributed by atoms with E-state index in [1.54, 1.807) is 18.2 Å². The fourth-order valence-electron chi connectivity index (χ4n) is 5.62. The number of nitrogens with one attached hydrogen (secondary N) is 1. The van der Waals surface area contributed by atoms with Crippen LogP contribution in [0, 0.1) is 0 Å². The summed E-state index contributed by atoms with van der Waals surface area (Å²) in [5.74, 6) is 0.543. The van der Waals surface area contributed by atoms with E-state index in [1.807, 2.05) is 39.8 Å². The number of anilines is 1. The number of aliphatic hydroxyl groups is 3. The number of carbonyl (C=O) groups excluding carboxylic acids is 1. The van der Waals surface area contributed by atoms with E-state index in [1.165, 1.54) is 6.33 Å². The number of nitrogens with zero attached hydrogens (tertiary/aromatic N) is 5. The maximum absolute atomic E-state index is 12.7. The van der Waals surface area contributed by atoms with Gasteiger partial charge in [-0.25, -0.2) is 15.0 Å². The second-order valence-electron chi connectivity index (χ2n) is 10.4. The van der Waals surface area contributed by atoms with Crippen LogP contribution < -0.4 is 16.0 Å². The number of hydrogen-bond acceptors (Lipinski definition) is 10. The number of carbonyl (C=O) groups is 1. The number of nitrogens with two attached hydrogens (primary N) is 1. The largest absolute Gasteiger partial charge is 0.394 e. The predicted molar refractivity (Wildman–Crippen MR) is 156 cm³/mol. The molecule has 6 N–H and O–H groups in total. The topological polar surface area (TPSA) is 172 Å². The normalized spacial score (nSPS) is 23.9. The Labute approximate surface area is 250 Å². The van der Waals surface area contributed by atoms with Crippen LogP contribution in [0.2, 0.25) is 10.0 Å². The maximum Gasteiger partial charge on any atom is 0.237 e. The maximum atomic E-state index is 12.7. The van der Waals surface area contributed by atoms with Crippen LogP contribution in [0.3, 0.4) is 0 Å². The van der Waals surface area contributed by atoms with Crippen molar-refractivity contribution in [2.75, 3.05) is 24.6 Å². The lowest BCUT2D eigenvalue weighted by Gasteiger charge is -2.42. The number of hydrogen-bond donors (Lipinski definition) is 5. The molecule has 2 saturated heterocycles. The van der Waals surface area contributed by atoms with Crippen LogP contribution in [0.15, 0.2) is 54.9 Å². The molecule has 0 radical (unpaired) electrons. The van der Waals surface area contributed by atoms with Crippen LogP contribution in [0.1, 0.15) is 12.8 Å². The van der Waals surface area contributed by atoms with E-state index in [0.29, 0.717) is 51.5 Å². The molecule has 0 bridgehead atoms. The first-order valence-electron chi connectivity index (χ1n) is 13.4. The van der Waals surface area contributed by atoms with E-state index in [2.05, 4.69) is 15.3 Å². The smallest absolute Gasteiger partial charge is 0.237 e. The highest BCUT2D eigenvalue weighted by molar-refractivity contribution is 6.33. The Hall–Kier alpha value is -3.36. The summed E-state index contributed by atoms with van der Waals surface area (Å²) in [7, 11) is 0. The molecule has 2 fully saturated rings. The molecule has 0 spiro atoms. The highest BCUT2D eigenvalue weighted by atomic mass is 35.5. The summed E-state index contributed by atoms with van der Waals surface area (Å²) in [6, 6.07) is 14.7. The van der Waals surface area contributed by atoms with Crippen molar-refractivity contribution in [3.63, 3.8) is 0 Å². The number of primary amides is 1. The lowest BCUT2D eigenvalue weighted by molar-refractivity contribution is -0.129. The second kappa shape index (κ2) is 11.4. The first-order valence-corrected chi connectivity index (χ1v) is 14.2. The third-order valence-corrected chi connectivity index (χ3v) is 8.56. The third kappa shape index (κ3) is 4.98. The zero-order valence-corrected chi connectivity index (χ0v) is 23.8. The summed E-state index contributed by atoms with van der Waals surface area (Å²) in [6.45, 7) is 0.258. The Kier molecular flexibility index (Phi) is 7.79. The lowest BCUT2D eigenvalue weighted by atomic mass is 9.86. The highest BCUT2D eigenvalue weighted by Gasteiger charge is 2.49. The number of halogens is 2. The molecule has 2 aliphatic heterocycles. The van der Waals surface area contributed by atoms with Gasteiger partial charge in [-0.15, -0.1) is 0 Å². The predicted octanol–water partition coefficient (Wildman–Crippen LogP) is 1.64. The van der Waals surface area contributed by atoms with Gasteiger partial charge in [0.1, 0.15) is 42.2 Å². The molecule has 2 aromatic heterocycles. The quantitative estimate of drug-likeness (QED) is 0.206. The van der Waals surface area contributed by atoms with Gasteiger partial charge >= 0.3 is 0 Å². The third-order valence-electron chi connectivity index (χ3n) is 7.97. The highest BCUT2D eigenvalue weighted by Crippen LogP contribution is 2.36. The van der Waals surface area contributed by atoms with Gasteiger partial charge in [0.25, 0.3) is 0 Å². The number of amides is 1. The number of aliphatic hydroxyl groups excluding tert-OH is 3. The Bertz CT molecular complexity index is 1610. The van der Waals surface area contributed by atoms with Crippen LogP contribution >= 0.6 is 23.2 Å². The minimum Gasteiger partial charge on any atom is -0.394 e. The average Bonchev–Trinajstić information content (AvgIpc) is 3.51. The average molecular weight is 614 g/mol. The molecule has 12 nitrogen and oxygen atoms in total. The molecule has 1 unspecified atom stereocenters. The Morgan fingerprint density at radius 1 is 1.07 bits per heavy atom. The number of benzene rings is 2. The number of rotatable bonds is 7. The van der Waals surface area contributed by atoms with Crippen molar-refractivity contribution < 1.29 is 24.9 Å². The van der Waals surface area contributed by atoms with Crippen molar-refractivity contribution in [3.05, 3.63) is 64.9 Å². The first-order chi connectivity index (χ1) is 20.2. The SMILES string of the molecule is NC(=O)C1(NC2O[C@H](CO)[C@@H](O)[C@H]2O)CCN(c2ncnc3c2nc(-c2ccccc2Cl)n3-c2ccc(Cl)cc2)CC1. The van der Waals surface area contributed by atoms with Gasteiger partial charge in [0, 0.05) is 29.4 Å². The summed E-state index contributed by atoms with van der Waals surface area (Å²) in [5, 5.41) is 34.2.